The minimum absolute atomic E-state index is 0.112. The zero-order chi connectivity index (χ0) is 22.0. The summed E-state index contributed by atoms with van der Waals surface area (Å²) in [5, 5.41) is 2.26. The van der Waals surface area contributed by atoms with Crippen LogP contribution in [0.5, 0.6) is 0 Å². The molecule has 0 atom stereocenters. The molecular formula is C19H14ClF2N5O3. The lowest BCUT2D eigenvalue weighted by molar-refractivity contribution is 0.0958. The van der Waals surface area contributed by atoms with E-state index in [1.165, 1.54) is 42.5 Å². The van der Waals surface area contributed by atoms with Crippen molar-refractivity contribution in [1.82, 2.24) is 9.97 Å². The Morgan fingerprint density at radius 1 is 1.13 bits per heavy atom. The van der Waals surface area contributed by atoms with Gasteiger partial charge in [0, 0.05) is 18.4 Å². The van der Waals surface area contributed by atoms with Gasteiger partial charge in [0.25, 0.3) is 17.7 Å². The Morgan fingerprint density at radius 3 is 2.40 bits per heavy atom. The number of amides is 3. The number of benzene rings is 2. The molecule has 8 nitrogen and oxygen atoms in total. The highest BCUT2D eigenvalue weighted by Crippen LogP contribution is 2.23. The van der Waals surface area contributed by atoms with E-state index in [0.717, 1.165) is 0 Å². The van der Waals surface area contributed by atoms with Crippen LogP contribution in [-0.2, 0) is 0 Å². The average Bonchev–Trinajstić information content (AvgIpc) is 3.20. The molecule has 30 heavy (non-hydrogen) atoms. The molecular weight excluding hydrogens is 420 g/mol. The maximum Gasteiger partial charge on any atom is 0.279 e. The van der Waals surface area contributed by atoms with E-state index in [1.807, 2.05) is 0 Å². The summed E-state index contributed by atoms with van der Waals surface area (Å²) < 4.78 is 26.5. The third-order valence-corrected chi connectivity index (χ3v) is 4.47. The number of carbonyl (C=O) groups is 3. The average molecular weight is 434 g/mol. The van der Waals surface area contributed by atoms with E-state index in [4.69, 9.17) is 17.3 Å². The fourth-order valence-electron chi connectivity index (χ4n) is 2.58. The highest BCUT2D eigenvalue weighted by atomic mass is 35.5. The fraction of sp³-hybridized carbons (Fsp3) is 0.0526. The van der Waals surface area contributed by atoms with Gasteiger partial charge in [0.05, 0.1) is 16.9 Å². The third kappa shape index (κ3) is 4.13. The molecule has 0 bridgehead atoms. The van der Waals surface area contributed by atoms with Crippen molar-refractivity contribution in [3.8, 4) is 0 Å². The lowest BCUT2D eigenvalue weighted by atomic mass is 10.2. The number of anilines is 2. The number of nitrogens with zero attached hydrogens (tertiary/aromatic N) is 2. The number of nitrogens with one attached hydrogen (secondary N) is 2. The van der Waals surface area contributed by atoms with Crippen molar-refractivity contribution in [2.24, 2.45) is 5.73 Å². The third-order valence-electron chi connectivity index (χ3n) is 4.16. The van der Waals surface area contributed by atoms with Crippen LogP contribution in [0.4, 0.5) is 20.2 Å². The first-order valence-electron chi connectivity index (χ1n) is 8.36. The van der Waals surface area contributed by atoms with E-state index < -0.39 is 29.4 Å². The zero-order valence-electron chi connectivity index (χ0n) is 15.4. The van der Waals surface area contributed by atoms with Gasteiger partial charge in [-0.2, -0.15) is 0 Å². The van der Waals surface area contributed by atoms with E-state index in [1.54, 1.807) is 0 Å². The number of H-pyrrole nitrogens is 1. The van der Waals surface area contributed by atoms with Crippen LogP contribution in [0.3, 0.4) is 0 Å². The summed E-state index contributed by atoms with van der Waals surface area (Å²) in [5.74, 6) is -4.49. The predicted octanol–water partition coefficient (Wildman–Crippen LogP) is 2.97. The second kappa shape index (κ2) is 8.29. The van der Waals surface area contributed by atoms with Gasteiger partial charge >= 0.3 is 0 Å². The molecule has 3 rings (SSSR count). The molecule has 3 amide bonds. The van der Waals surface area contributed by atoms with Crippen molar-refractivity contribution in [2.75, 3.05) is 17.3 Å². The van der Waals surface area contributed by atoms with Crippen molar-refractivity contribution >= 4 is 40.7 Å². The number of imidazole rings is 1. The number of halogens is 3. The van der Waals surface area contributed by atoms with Crippen molar-refractivity contribution in [2.45, 2.75) is 0 Å². The maximum atomic E-state index is 13.4. The van der Waals surface area contributed by atoms with Crippen LogP contribution in [0.25, 0.3) is 0 Å². The number of nitrogens with two attached hydrogens (primary N) is 1. The van der Waals surface area contributed by atoms with Gasteiger partial charge in [-0.15, -0.1) is 0 Å². The molecule has 0 aliphatic heterocycles. The van der Waals surface area contributed by atoms with Crippen molar-refractivity contribution in [1.29, 1.82) is 0 Å². The number of aromatic nitrogens is 2. The van der Waals surface area contributed by atoms with Crippen molar-refractivity contribution in [3.05, 3.63) is 76.3 Å². The first-order chi connectivity index (χ1) is 14.2. The topological polar surface area (TPSA) is 121 Å². The molecule has 0 spiro atoms. The Labute approximate surface area is 173 Å². The van der Waals surface area contributed by atoms with Gasteiger partial charge in [0.2, 0.25) is 0 Å². The molecule has 0 saturated heterocycles. The summed E-state index contributed by atoms with van der Waals surface area (Å²) in [7, 11) is 1.47. The van der Waals surface area contributed by atoms with Gasteiger partial charge in [0.15, 0.2) is 17.3 Å². The molecule has 4 N–H and O–H groups in total. The number of aromatic amines is 1. The van der Waals surface area contributed by atoms with E-state index in [0.29, 0.717) is 23.5 Å². The second-order valence-corrected chi connectivity index (χ2v) is 6.51. The number of rotatable bonds is 5. The molecule has 1 heterocycles. The first-order valence-corrected chi connectivity index (χ1v) is 8.74. The monoisotopic (exact) mass is 433 g/mol. The van der Waals surface area contributed by atoms with Gasteiger partial charge in [-0.25, -0.2) is 13.8 Å². The second-order valence-electron chi connectivity index (χ2n) is 6.10. The molecule has 2 aromatic carbocycles. The molecule has 3 aromatic rings. The first kappa shape index (κ1) is 20.9. The number of primary amides is 1. The van der Waals surface area contributed by atoms with Crippen LogP contribution in [-0.4, -0.2) is 34.7 Å². The van der Waals surface area contributed by atoms with Crippen LogP contribution in [0.2, 0.25) is 5.02 Å². The lowest BCUT2D eigenvalue weighted by Crippen LogP contribution is -2.29. The molecule has 0 fully saturated rings. The molecule has 0 aliphatic carbocycles. The summed E-state index contributed by atoms with van der Waals surface area (Å²) in [5.41, 5.74) is 5.48. The van der Waals surface area contributed by atoms with E-state index >= 15 is 0 Å². The highest BCUT2D eigenvalue weighted by Gasteiger charge is 2.22. The van der Waals surface area contributed by atoms with Crippen LogP contribution >= 0.6 is 11.6 Å². The van der Waals surface area contributed by atoms with Crippen LogP contribution in [0, 0.1) is 11.6 Å². The SMILES string of the molecule is CN(C(=O)c1nc[nH]c1C(N)=O)c1ccc(NC(=O)c2cc(F)c(F)cc2Cl)cc1. The lowest BCUT2D eigenvalue weighted by Gasteiger charge is -2.17. The van der Waals surface area contributed by atoms with Crippen LogP contribution in [0.15, 0.2) is 42.7 Å². The van der Waals surface area contributed by atoms with Crippen LogP contribution in [0.1, 0.15) is 31.3 Å². The number of hydrogen-bond donors (Lipinski definition) is 3. The Hall–Kier alpha value is -3.79. The van der Waals surface area contributed by atoms with Crippen molar-refractivity contribution < 1.29 is 23.2 Å². The highest BCUT2D eigenvalue weighted by molar-refractivity contribution is 6.34. The summed E-state index contributed by atoms with van der Waals surface area (Å²) in [6, 6.07) is 7.45. The molecule has 0 saturated carbocycles. The molecule has 1 aromatic heterocycles. The van der Waals surface area contributed by atoms with Gasteiger partial charge in [-0.05, 0) is 36.4 Å². The van der Waals surface area contributed by atoms with Gasteiger partial charge < -0.3 is 20.9 Å². The van der Waals surface area contributed by atoms with E-state index in [2.05, 4.69) is 15.3 Å². The number of hydrogen-bond acceptors (Lipinski definition) is 4. The smallest absolute Gasteiger partial charge is 0.279 e. The largest absolute Gasteiger partial charge is 0.364 e. The molecule has 11 heteroatoms. The zero-order valence-corrected chi connectivity index (χ0v) is 16.1. The van der Waals surface area contributed by atoms with Gasteiger partial charge in [-0.1, -0.05) is 11.6 Å². The Kier molecular flexibility index (Phi) is 5.79. The summed E-state index contributed by atoms with van der Waals surface area (Å²) in [4.78, 5) is 43.8. The quantitative estimate of drug-likeness (QED) is 0.535. The van der Waals surface area contributed by atoms with E-state index in [9.17, 15) is 23.2 Å². The summed E-state index contributed by atoms with van der Waals surface area (Å²) in [6.07, 6.45) is 1.18. The Morgan fingerprint density at radius 2 is 1.77 bits per heavy atom. The molecule has 0 unspecified atom stereocenters. The Balaban J connectivity index is 1.75. The predicted molar refractivity (Wildman–Crippen MR) is 106 cm³/mol. The van der Waals surface area contributed by atoms with Crippen molar-refractivity contribution in [3.63, 3.8) is 0 Å². The molecule has 0 aliphatic rings. The van der Waals surface area contributed by atoms with Gasteiger partial charge in [-0.3, -0.25) is 14.4 Å². The van der Waals surface area contributed by atoms with E-state index in [-0.39, 0.29) is 22.0 Å². The Bertz CT molecular complexity index is 1150. The minimum atomic E-state index is -1.20. The maximum absolute atomic E-state index is 13.4. The van der Waals surface area contributed by atoms with Crippen LogP contribution < -0.4 is 16.0 Å². The summed E-state index contributed by atoms with van der Waals surface area (Å²) >= 11 is 5.80. The fourth-order valence-corrected chi connectivity index (χ4v) is 2.82. The summed E-state index contributed by atoms with van der Waals surface area (Å²) in [6.45, 7) is 0. The standard InChI is InChI=1S/C19H14ClF2N5O3/c1-27(19(30)16-15(17(23)28)24-8-25-16)10-4-2-9(3-5-10)26-18(29)11-6-13(21)14(22)7-12(11)20/h2-8H,1H3,(H2,23,28)(H,24,25)(H,26,29). The minimum Gasteiger partial charge on any atom is -0.364 e. The molecule has 154 valence electrons. The normalized spacial score (nSPS) is 10.5. The molecule has 0 radical (unpaired) electrons. The number of carbonyl (C=O) groups excluding carboxylic acids is 3. The van der Waals surface area contributed by atoms with Gasteiger partial charge in [0.1, 0.15) is 5.69 Å².